The van der Waals surface area contributed by atoms with Crippen molar-refractivity contribution in [2.24, 2.45) is 88.8 Å². The molecule has 5 heterocycles. The van der Waals surface area contributed by atoms with Crippen molar-refractivity contribution in [3.05, 3.63) is 0 Å². The first kappa shape index (κ1) is 50.6. The van der Waals surface area contributed by atoms with Gasteiger partial charge >= 0.3 is 0 Å². The Bertz CT molecular complexity index is 1250. The minimum absolute atomic E-state index is 0.0449. The molecule has 352 valence electrons. The van der Waals surface area contributed by atoms with Crippen LogP contribution in [0.3, 0.4) is 0 Å². The summed E-state index contributed by atoms with van der Waals surface area (Å²) in [5, 5.41) is 0. The number of unbranched alkanes of at least 4 members (excludes halogenated alkanes) is 1. The minimum atomic E-state index is -0.362. The first-order valence-electron chi connectivity index (χ1n) is 24.8. The standard InChI is InChI=1S/C50H92O10/c1-18-20-21-51-46-36(13)27(4)32(9)42(57-46)22-53-48-38(15)29(6)34(11)44(59-48)24-55-50-40(17)30(7)35(12)45(60-50)25-54-49-39(16)28(5)33(10)43(58-49)23-52-47-37(14)26(3)31(8)41(19-2)56-47/h26-50H,18-25H2,1-17H3/t26-,27-,28-,29-,30-,31+,32+,33+,34+,35+,36?,37?,38?,39?,40?,41?,42?,43?,44?,45?,46+,47+,48+,49+,50+/m0/s1. The van der Waals surface area contributed by atoms with Crippen LogP contribution in [-0.2, 0) is 47.4 Å². The molecule has 10 nitrogen and oxygen atoms in total. The molecule has 0 aromatic heterocycles. The molecular weight excluding hydrogens is 761 g/mol. The number of rotatable bonds is 17. The number of hydrogen-bond acceptors (Lipinski definition) is 10. The van der Waals surface area contributed by atoms with E-state index in [0.717, 1.165) is 25.9 Å². The topological polar surface area (TPSA) is 92.3 Å². The summed E-state index contributed by atoms with van der Waals surface area (Å²) < 4.78 is 66.1. The molecule has 0 aromatic rings. The van der Waals surface area contributed by atoms with Gasteiger partial charge in [0.1, 0.15) is 0 Å². The Balaban J connectivity index is 1.14. The van der Waals surface area contributed by atoms with Crippen molar-refractivity contribution >= 4 is 0 Å². The van der Waals surface area contributed by atoms with Crippen LogP contribution in [-0.4, -0.2) is 95.0 Å². The molecule has 0 radical (unpaired) electrons. The quantitative estimate of drug-likeness (QED) is 0.132. The predicted octanol–water partition coefficient (Wildman–Crippen LogP) is 10.4. The van der Waals surface area contributed by atoms with Gasteiger partial charge in [-0.3, -0.25) is 0 Å². The van der Waals surface area contributed by atoms with E-state index in [1.165, 1.54) is 0 Å². The van der Waals surface area contributed by atoms with Gasteiger partial charge in [-0.25, -0.2) is 0 Å². The molecule has 10 heteroatoms. The zero-order valence-electron chi connectivity index (χ0n) is 41.2. The van der Waals surface area contributed by atoms with Crippen molar-refractivity contribution in [3.8, 4) is 0 Å². The van der Waals surface area contributed by atoms with E-state index in [4.69, 9.17) is 47.4 Å². The van der Waals surface area contributed by atoms with Crippen LogP contribution in [0.15, 0.2) is 0 Å². The highest BCUT2D eigenvalue weighted by atomic mass is 16.7. The monoisotopic (exact) mass is 853 g/mol. The first-order valence-corrected chi connectivity index (χ1v) is 24.8. The summed E-state index contributed by atoms with van der Waals surface area (Å²) in [5.41, 5.74) is 0. The highest BCUT2D eigenvalue weighted by molar-refractivity contribution is 4.89. The van der Waals surface area contributed by atoms with E-state index in [9.17, 15) is 0 Å². The summed E-state index contributed by atoms with van der Waals surface area (Å²) in [5.74, 6) is 5.35. The van der Waals surface area contributed by atoms with Gasteiger partial charge in [0.15, 0.2) is 31.5 Å². The molecule has 0 saturated carbocycles. The molecule has 5 saturated heterocycles. The van der Waals surface area contributed by atoms with Crippen molar-refractivity contribution < 1.29 is 47.4 Å². The van der Waals surface area contributed by atoms with Crippen LogP contribution in [0.25, 0.3) is 0 Å². The lowest BCUT2D eigenvalue weighted by Gasteiger charge is -2.47. The zero-order chi connectivity index (χ0) is 44.2. The molecule has 0 bridgehead atoms. The van der Waals surface area contributed by atoms with Gasteiger partial charge in [-0.2, -0.15) is 0 Å². The van der Waals surface area contributed by atoms with Gasteiger partial charge in [0.05, 0.1) is 56.9 Å². The highest BCUT2D eigenvalue weighted by Crippen LogP contribution is 2.42. The molecule has 5 aliphatic heterocycles. The summed E-state index contributed by atoms with van der Waals surface area (Å²) in [4.78, 5) is 0. The fourth-order valence-corrected chi connectivity index (χ4v) is 10.7. The summed E-state index contributed by atoms with van der Waals surface area (Å²) in [6.45, 7) is 41.3. The molecular formula is C50H92O10. The van der Waals surface area contributed by atoms with E-state index in [2.05, 4.69) is 118 Å². The van der Waals surface area contributed by atoms with Gasteiger partial charge in [-0.05, 0) is 72.0 Å². The van der Waals surface area contributed by atoms with Gasteiger partial charge in [0, 0.05) is 36.2 Å². The number of ether oxygens (including phenoxy) is 10. The van der Waals surface area contributed by atoms with Crippen molar-refractivity contribution in [1.29, 1.82) is 0 Å². The minimum Gasteiger partial charge on any atom is -0.352 e. The molecule has 60 heavy (non-hydrogen) atoms. The first-order chi connectivity index (χ1) is 28.4. The molecule has 10 unspecified atom stereocenters. The van der Waals surface area contributed by atoms with Gasteiger partial charge < -0.3 is 47.4 Å². The van der Waals surface area contributed by atoms with E-state index >= 15 is 0 Å². The molecule has 0 N–H and O–H groups in total. The third kappa shape index (κ3) is 11.5. The molecule has 0 spiro atoms. The largest absolute Gasteiger partial charge is 0.352 e. The van der Waals surface area contributed by atoms with Crippen molar-refractivity contribution in [1.82, 2.24) is 0 Å². The van der Waals surface area contributed by atoms with E-state index in [1.54, 1.807) is 0 Å². The van der Waals surface area contributed by atoms with Crippen molar-refractivity contribution in [3.63, 3.8) is 0 Å². The molecule has 0 amide bonds. The fraction of sp³-hybridized carbons (Fsp3) is 1.00. The zero-order valence-corrected chi connectivity index (χ0v) is 41.2. The second-order valence-electron chi connectivity index (χ2n) is 21.1. The van der Waals surface area contributed by atoms with Crippen LogP contribution < -0.4 is 0 Å². The highest BCUT2D eigenvalue weighted by Gasteiger charge is 2.47. The predicted molar refractivity (Wildman–Crippen MR) is 236 cm³/mol. The molecule has 0 aliphatic carbocycles. The molecule has 25 atom stereocenters. The summed E-state index contributed by atoms with van der Waals surface area (Å²) >= 11 is 0. The maximum absolute atomic E-state index is 6.80. The van der Waals surface area contributed by atoms with E-state index in [0.29, 0.717) is 97.4 Å². The van der Waals surface area contributed by atoms with Crippen LogP contribution >= 0.6 is 0 Å². The van der Waals surface area contributed by atoms with Crippen LogP contribution in [0.5, 0.6) is 0 Å². The van der Waals surface area contributed by atoms with Crippen molar-refractivity contribution in [2.75, 3.05) is 33.0 Å². The maximum atomic E-state index is 6.80. The van der Waals surface area contributed by atoms with Crippen LogP contribution in [0, 0.1) is 88.8 Å². The summed E-state index contributed by atoms with van der Waals surface area (Å²) in [6, 6.07) is 0. The normalized spacial score (nSPS) is 50.5. The third-order valence-electron chi connectivity index (χ3n) is 17.8. The van der Waals surface area contributed by atoms with E-state index < -0.39 is 0 Å². The second-order valence-corrected chi connectivity index (χ2v) is 21.1. The van der Waals surface area contributed by atoms with Crippen LogP contribution in [0.1, 0.15) is 137 Å². The Morgan fingerprint density at radius 1 is 0.283 bits per heavy atom. The Morgan fingerprint density at radius 2 is 0.517 bits per heavy atom. The summed E-state index contributed by atoms with van der Waals surface area (Å²) in [7, 11) is 0. The van der Waals surface area contributed by atoms with Crippen molar-refractivity contribution in [2.45, 2.75) is 199 Å². The van der Waals surface area contributed by atoms with Gasteiger partial charge in [0.25, 0.3) is 0 Å². The van der Waals surface area contributed by atoms with E-state index in [-0.39, 0.29) is 79.7 Å². The smallest absolute Gasteiger partial charge is 0.160 e. The molecule has 5 fully saturated rings. The van der Waals surface area contributed by atoms with Gasteiger partial charge in [0.2, 0.25) is 0 Å². The molecule has 5 aliphatic rings. The Hall–Kier alpha value is -0.400. The molecule has 0 aromatic carbocycles. The van der Waals surface area contributed by atoms with Gasteiger partial charge in [-0.15, -0.1) is 0 Å². The third-order valence-corrected chi connectivity index (χ3v) is 17.8. The average molecular weight is 853 g/mol. The average Bonchev–Trinajstić information content (AvgIpc) is 3.23. The SMILES string of the molecule is CCCCO[C@@H]1OC(CO[C@@H]2OC(CO[C@@H]3OC(CO[C@@H]4OC(CO[C@@H]5OC(CC)[C@H](C)[C@H](C)C5C)[C@H](C)[C@H](C)C4C)[C@H](C)[C@H](C)C3C)[C@H](C)[C@H](C)C2C)[C@H](C)[C@H](C)C1C. The van der Waals surface area contributed by atoms with Crippen LogP contribution in [0.4, 0.5) is 0 Å². The number of hydrogen-bond donors (Lipinski definition) is 0. The Labute approximate surface area is 367 Å². The molecule has 5 rings (SSSR count). The Kier molecular flexibility index (Phi) is 19.1. The lowest BCUT2D eigenvalue weighted by Crippen LogP contribution is -2.53. The van der Waals surface area contributed by atoms with Gasteiger partial charge in [-0.1, -0.05) is 124 Å². The Morgan fingerprint density at radius 3 is 0.767 bits per heavy atom. The fourth-order valence-electron chi connectivity index (χ4n) is 10.7. The van der Waals surface area contributed by atoms with E-state index in [1.807, 2.05) is 0 Å². The summed E-state index contributed by atoms with van der Waals surface area (Å²) in [6.07, 6.45) is 1.56. The lowest BCUT2D eigenvalue weighted by molar-refractivity contribution is -0.315. The second kappa shape index (κ2) is 22.7. The van der Waals surface area contributed by atoms with Crippen LogP contribution in [0.2, 0.25) is 0 Å². The maximum Gasteiger partial charge on any atom is 0.160 e. The lowest BCUT2D eigenvalue weighted by atomic mass is 9.78.